The Morgan fingerprint density at radius 2 is 0.521 bits per heavy atom. The van der Waals surface area contributed by atoms with Crippen molar-refractivity contribution < 1.29 is 0 Å². The Morgan fingerprint density at radius 1 is 0.333 bits per heavy atom. The lowest BCUT2D eigenvalue weighted by molar-refractivity contribution is 0.918. The van der Waals surface area contributed by atoms with Crippen LogP contribution in [0, 0.1) is 0 Å². The SMILES string of the molecule is CC(=CC[Si](c1ccccc1)(c1ccccc1)c1ccccc1)CCC(C)=CC[Si](c1ccccc1)(c1ccccc1)c1ccccc1. The van der Waals surface area contributed by atoms with Crippen molar-refractivity contribution in [3.8, 4) is 0 Å². The fourth-order valence-electron chi connectivity index (χ4n) is 7.30. The Bertz CT molecular complexity index is 1560. The molecule has 6 aromatic rings. The molecule has 0 saturated carbocycles. The van der Waals surface area contributed by atoms with E-state index in [9.17, 15) is 0 Å². The van der Waals surface area contributed by atoms with Crippen molar-refractivity contribution in [2.75, 3.05) is 0 Å². The van der Waals surface area contributed by atoms with Gasteiger partial charge in [-0.2, -0.15) is 0 Å². The monoisotopic (exact) mass is 654 g/mol. The van der Waals surface area contributed by atoms with E-state index in [-0.39, 0.29) is 0 Å². The molecule has 0 aromatic heterocycles. The molecule has 48 heavy (non-hydrogen) atoms. The van der Waals surface area contributed by atoms with Crippen molar-refractivity contribution in [1.29, 1.82) is 0 Å². The standard InChI is InChI=1S/C46H46Si2/c1-39(35-37-47(41-21-9-3-10-22-41,42-23-11-4-12-24-42)43-25-13-5-14-26-43)33-34-40(2)36-38-48(44-27-15-6-16-28-44,45-29-17-7-18-30-45)46-31-19-8-20-32-46/h3-32,35-36H,33-34,37-38H2,1-2H3. The molecule has 6 rings (SSSR count). The molecule has 0 saturated heterocycles. The summed E-state index contributed by atoms with van der Waals surface area (Å²) < 4.78 is 0. The number of benzene rings is 6. The molecule has 0 N–H and O–H groups in total. The van der Waals surface area contributed by atoms with Gasteiger partial charge in [-0.05, 0) is 69.9 Å². The molecule has 2 heteroatoms. The molecule has 0 spiro atoms. The maximum atomic E-state index is 2.56. The van der Waals surface area contributed by atoms with Crippen LogP contribution in [0.25, 0.3) is 0 Å². The lowest BCUT2D eigenvalue weighted by Gasteiger charge is -2.33. The van der Waals surface area contributed by atoms with E-state index in [0.29, 0.717) is 0 Å². The molecule has 0 nitrogen and oxygen atoms in total. The van der Waals surface area contributed by atoms with Gasteiger partial charge in [-0.3, -0.25) is 0 Å². The van der Waals surface area contributed by atoms with Gasteiger partial charge in [-0.25, -0.2) is 0 Å². The Morgan fingerprint density at radius 3 is 0.708 bits per heavy atom. The van der Waals surface area contributed by atoms with Crippen LogP contribution in [0.2, 0.25) is 12.1 Å². The van der Waals surface area contributed by atoms with E-state index in [0.717, 1.165) is 24.9 Å². The molecule has 6 aromatic carbocycles. The minimum absolute atomic E-state index is 1.05. The molecule has 238 valence electrons. The van der Waals surface area contributed by atoms with Crippen molar-refractivity contribution >= 4 is 47.3 Å². The predicted octanol–water partition coefficient (Wildman–Crippen LogP) is 8.00. The van der Waals surface area contributed by atoms with Gasteiger partial charge in [-0.15, -0.1) is 0 Å². The van der Waals surface area contributed by atoms with Crippen molar-refractivity contribution in [3.05, 3.63) is 205 Å². The smallest absolute Gasteiger partial charge is 0.0873 e. The molecule has 0 aliphatic rings. The van der Waals surface area contributed by atoms with Crippen LogP contribution in [0.15, 0.2) is 205 Å². The van der Waals surface area contributed by atoms with Gasteiger partial charge >= 0.3 is 0 Å². The van der Waals surface area contributed by atoms with Crippen molar-refractivity contribution in [2.45, 2.75) is 38.8 Å². The first-order chi connectivity index (χ1) is 23.6. The molecular formula is C46H46Si2. The highest BCUT2D eigenvalue weighted by atomic mass is 28.3. The zero-order chi connectivity index (χ0) is 33.1. The van der Waals surface area contributed by atoms with Crippen LogP contribution in [-0.2, 0) is 0 Å². The maximum Gasteiger partial charge on any atom is 0.151 e. The van der Waals surface area contributed by atoms with Crippen molar-refractivity contribution in [2.24, 2.45) is 0 Å². The summed E-state index contributed by atoms with van der Waals surface area (Å²) in [6.07, 6.45) is 7.26. The van der Waals surface area contributed by atoms with Gasteiger partial charge in [0.25, 0.3) is 0 Å². The summed E-state index contributed by atoms with van der Waals surface area (Å²) in [6.45, 7) is 4.68. The second-order valence-electron chi connectivity index (χ2n) is 13.0. The Balaban J connectivity index is 1.29. The molecule has 0 atom stereocenters. The third-order valence-corrected chi connectivity index (χ3v) is 19.6. The second-order valence-corrected chi connectivity index (χ2v) is 20.9. The molecule has 0 fully saturated rings. The molecule has 0 bridgehead atoms. The minimum Gasteiger partial charge on any atom is -0.0873 e. The summed E-state index contributed by atoms with van der Waals surface area (Å²) >= 11 is 0. The first-order valence-corrected chi connectivity index (χ1v) is 21.7. The molecule has 0 heterocycles. The van der Waals surface area contributed by atoms with Crippen LogP contribution in [0.4, 0.5) is 0 Å². The van der Waals surface area contributed by atoms with Crippen molar-refractivity contribution in [1.82, 2.24) is 0 Å². The Labute approximate surface area is 290 Å². The highest BCUT2D eigenvalue weighted by molar-refractivity contribution is 7.12. The first kappa shape index (κ1) is 33.1. The molecule has 0 radical (unpaired) electrons. The fourth-order valence-corrected chi connectivity index (χ4v) is 16.6. The highest BCUT2D eigenvalue weighted by Crippen LogP contribution is 2.21. The maximum absolute atomic E-state index is 2.56. The topological polar surface area (TPSA) is 0 Å². The van der Waals surface area contributed by atoms with Gasteiger partial charge in [0.15, 0.2) is 16.1 Å². The second kappa shape index (κ2) is 15.9. The van der Waals surface area contributed by atoms with Crippen LogP contribution in [-0.4, -0.2) is 16.1 Å². The van der Waals surface area contributed by atoms with E-state index < -0.39 is 16.1 Å². The van der Waals surface area contributed by atoms with Crippen LogP contribution < -0.4 is 31.1 Å². The summed E-state index contributed by atoms with van der Waals surface area (Å²) in [7, 11) is -4.56. The third kappa shape index (κ3) is 7.21. The molecule has 0 unspecified atom stereocenters. The summed E-state index contributed by atoms with van der Waals surface area (Å²) in [4.78, 5) is 0. The number of rotatable bonds is 13. The van der Waals surface area contributed by atoms with E-state index in [4.69, 9.17) is 0 Å². The van der Waals surface area contributed by atoms with E-state index >= 15 is 0 Å². The predicted molar refractivity (Wildman–Crippen MR) is 214 cm³/mol. The molecule has 0 aliphatic heterocycles. The third-order valence-electron chi connectivity index (χ3n) is 10.0. The first-order valence-electron chi connectivity index (χ1n) is 17.3. The van der Waals surface area contributed by atoms with E-state index in [1.165, 1.54) is 42.3 Å². The Kier molecular flexibility index (Phi) is 11.0. The number of hydrogen-bond acceptors (Lipinski definition) is 0. The van der Waals surface area contributed by atoms with Gasteiger partial charge in [0.1, 0.15) is 0 Å². The van der Waals surface area contributed by atoms with Crippen LogP contribution >= 0.6 is 0 Å². The van der Waals surface area contributed by atoms with Crippen LogP contribution in [0.3, 0.4) is 0 Å². The number of allylic oxidation sites excluding steroid dienone is 4. The van der Waals surface area contributed by atoms with Gasteiger partial charge in [0.2, 0.25) is 0 Å². The lowest BCUT2D eigenvalue weighted by Crippen LogP contribution is -2.66. The van der Waals surface area contributed by atoms with E-state index in [1.54, 1.807) is 0 Å². The fraction of sp³-hybridized carbons (Fsp3) is 0.130. The van der Waals surface area contributed by atoms with Gasteiger partial charge in [-0.1, -0.05) is 205 Å². The van der Waals surface area contributed by atoms with E-state index in [1.807, 2.05) is 0 Å². The number of hydrogen-bond donors (Lipinski definition) is 0. The quantitative estimate of drug-likeness (QED) is 0.0673. The van der Waals surface area contributed by atoms with E-state index in [2.05, 4.69) is 208 Å². The van der Waals surface area contributed by atoms with Gasteiger partial charge in [0, 0.05) is 0 Å². The zero-order valence-electron chi connectivity index (χ0n) is 28.3. The Hall–Kier alpha value is -4.77. The molecular weight excluding hydrogens is 609 g/mol. The average molecular weight is 655 g/mol. The normalized spacial score (nSPS) is 12.5. The summed E-state index contributed by atoms with van der Waals surface area (Å²) in [5, 5.41) is 8.79. The molecule has 0 amide bonds. The van der Waals surface area contributed by atoms with Gasteiger partial charge in [0.05, 0.1) is 0 Å². The summed E-state index contributed by atoms with van der Waals surface area (Å²) in [5.74, 6) is 0. The summed E-state index contributed by atoms with van der Waals surface area (Å²) in [5.41, 5.74) is 2.94. The summed E-state index contributed by atoms with van der Waals surface area (Å²) in [6, 6.07) is 69.6. The van der Waals surface area contributed by atoms with Crippen LogP contribution in [0.5, 0.6) is 0 Å². The largest absolute Gasteiger partial charge is 0.151 e. The zero-order valence-corrected chi connectivity index (χ0v) is 30.3. The van der Waals surface area contributed by atoms with Gasteiger partial charge < -0.3 is 0 Å². The highest BCUT2D eigenvalue weighted by Gasteiger charge is 2.39. The average Bonchev–Trinajstić information content (AvgIpc) is 3.17. The minimum atomic E-state index is -2.28. The van der Waals surface area contributed by atoms with Crippen LogP contribution in [0.1, 0.15) is 26.7 Å². The van der Waals surface area contributed by atoms with Crippen molar-refractivity contribution in [3.63, 3.8) is 0 Å². The molecule has 0 aliphatic carbocycles. The lowest BCUT2D eigenvalue weighted by atomic mass is 10.1.